The van der Waals surface area contributed by atoms with Gasteiger partial charge in [-0.2, -0.15) is 31.3 Å². The van der Waals surface area contributed by atoms with Gasteiger partial charge < -0.3 is 9.30 Å². The number of methoxy groups -OCH3 is 1. The van der Waals surface area contributed by atoms with Crippen LogP contribution in [-0.2, 0) is 18.9 Å². The first-order valence-corrected chi connectivity index (χ1v) is 8.84. The van der Waals surface area contributed by atoms with Crippen molar-refractivity contribution in [3.05, 3.63) is 74.9 Å². The van der Waals surface area contributed by atoms with Gasteiger partial charge in [0.05, 0.1) is 30.4 Å². The molecule has 3 rings (SSSR count). The second-order valence-corrected chi connectivity index (χ2v) is 6.62. The van der Waals surface area contributed by atoms with E-state index in [0.717, 1.165) is 42.3 Å². The predicted octanol–water partition coefficient (Wildman–Crippen LogP) is 5.05. The molecule has 0 atom stereocenters. The van der Waals surface area contributed by atoms with Crippen LogP contribution in [0.2, 0.25) is 5.02 Å². The Kier molecular flexibility index (Phi) is 5.99. The number of halogens is 7. The number of benzene rings is 1. The maximum atomic E-state index is 13.3. The van der Waals surface area contributed by atoms with Crippen molar-refractivity contribution < 1.29 is 31.1 Å². The Morgan fingerprint density at radius 2 is 1.77 bits per heavy atom. The second kappa shape index (κ2) is 8.22. The molecule has 0 N–H and O–H groups in total. The number of alkyl halides is 6. The minimum Gasteiger partial charge on any atom is -0.490 e. The van der Waals surface area contributed by atoms with Crippen LogP contribution in [0.1, 0.15) is 16.8 Å². The van der Waals surface area contributed by atoms with Gasteiger partial charge in [0.1, 0.15) is 11.5 Å². The summed E-state index contributed by atoms with van der Waals surface area (Å²) >= 11 is 5.93. The normalized spacial score (nSPS) is 12.1. The summed E-state index contributed by atoms with van der Waals surface area (Å²) in [5.74, 6) is -0.678. The molecule has 0 unspecified atom stereocenters. The van der Waals surface area contributed by atoms with Crippen molar-refractivity contribution in [1.29, 1.82) is 0 Å². The van der Waals surface area contributed by atoms with E-state index in [1.807, 2.05) is 0 Å². The average Bonchev–Trinajstić information content (AvgIpc) is 2.68. The summed E-state index contributed by atoms with van der Waals surface area (Å²) in [4.78, 5) is 19.2. The molecule has 0 saturated heterocycles. The fourth-order valence-corrected chi connectivity index (χ4v) is 3.20. The summed E-state index contributed by atoms with van der Waals surface area (Å²) < 4.78 is 85.6. The highest BCUT2D eigenvalue weighted by Gasteiger charge is 2.36. The van der Waals surface area contributed by atoms with Gasteiger partial charge in [-0.25, -0.2) is 0 Å². The second-order valence-electron chi connectivity index (χ2n) is 6.24. The Bertz CT molecular complexity index is 1170. The van der Waals surface area contributed by atoms with Crippen LogP contribution in [0.4, 0.5) is 26.3 Å². The summed E-state index contributed by atoms with van der Waals surface area (Å²) in [5.41, 5.74) is -3.88. The van der Waals surface area contributed by atoms with Crippen molar-refractivity contribution in [1.82, 2.24) is 14.5 Å². The first kappa shape index (κ1) is 22.6. The summed E-state index contributed by atoms with van der Waals surface area (Å²) in [6, 6.07) is 5.39. The van der Waals surface area contributed by atoms with E-state index in [0.29, 0.717) is 0 Å². The third-order valence-electron chi connectivity index (χ3n) is 4.23. The molecule has 2 heterocycles. The van der Waals surface area contributed by atoms with E-state index in [1.165, 1.54) is 12.1 Å². The number of pyridine rings is 1. The molecular weight excluding hydrogens is 452 g/mol. The highest BCUT2D eigenvalue weighted by Crippen LogP contribution is 2.39. The van der Waals surface area contributed by atoms with Crippen molar-refractivity contribution in [3.8, 4) is 17.1 Å². The zero-order chi connectivity index (χ0) is 23.0. The molecule has 0 aliphatic heterocycles. The van der Waals surface area contributed by atoms with Gasteiger partial charge in [-0.05, 0) is 18.2 Å². The van der Waals surface area contributed by atoms with Gasteiger partial charge in [0, 0.05) is 17.3 Å². The molecule has 0 saturated carbocycles. The van der Waals surface area contributed by atoms with Crippen molar-refractivity contribution in [2.75, 3.05) is 7.11 Å². The Labute approximate surface area is 175 Å². The van der Waals surface area contributed by atoms with E-state index in [1.54, 1.807) is 0 Å². The maximum Gasteiger partial charge on any atom is 0.433 e. The van der Waals surface area contributed by atoms with E-state index in [9.17, 15) is 31.1 Å². The summed E-state index contributed by atoms with van der Waals surface area (Å²) in [5, 5.41) is -0.747. The third-order valence-corrected chi connectivity index (χ3v) is 4.64. The van der Waals surface area contributed by atoms with Crippen molar-refractivity contribution in [3.63, 3.8) is 0 Å². The van der Waals surface area contributed by atoms with Crippen LogP contribution in [0.15, 0.2) is 47.5 Å². The Morgan fingerprint density at radius 1 is 1.06 bits per heavy atom. The van der Waals surface area contributed by atoms with E-state index < -0.39 is 40.7 Å². The first-order chi connectivity index (χ1) is 14.4. The van der Waals surface area contributed by atoms with E-state index in [2.05, 4.69) is 9.97 Å². The molecule has 0 amide bonds. The van der Waals surface area contributed by atoms with Crippen molar-refractivity contribution in [2.45, 2.75) is 18.9 Å². The fourth-order valence-electron chi connectivity index (χ4n) is 2.88. The zero-order valence-electron chi connectivity index (χ0n) is 15.6. The van der Waals surface area contributed by atoms with Gasteiger partial charge in [0.15, 0.2) is 0 Å². The monoisotopic (exact) mass is 463 g/mol. The molecule has 0 spiro atoms. The maximum absolute atomic E-state index is 13.3. The molecule has 0 aliphatic rings. The SMILES string of the molecule is COc1cn(Cc2cccnc2C(F)(F)F)c(-c2cccc(C(F)(F)F)c2Cl)nc1=O. The summed E-state index contributed by atoms with van der Waals surface area (Å²) in [7, 11) is 1.14. The predicted molar refractivity (Wildman–Crippen MR) is 98.8 cm³/mol. The lowest BCUT2D eigenvalue weighted by Gasteiger charge is -2.18. The first-order valence-electron chi connectivity index (χ1n) is 8.46. The largest absolute Gasteiger partial charge is 0.490 e. The molecule has 12 heteroatoms. The quantitative estimate of drug-likeness (QED) is 0.508. The van der Waals surface area contributed by atoms with Gasteiger partial charge in [0.2, 0.25) is 5.75 Å². The van der Waals surface area contributed by atoms with Crippen LogP contribution in [-0.4, -0.2) is 21.6 Å². The van der Waals surface area contributed by atoms with Crippen LogP contribution < -0.4 is 10.3 Å². The fraction of sp³-hybridized carbons (Fsp3) is 0.211. The standard InChI is InChI=1S/C19H12ClF6N3O2/c1-31-13-9-29(8-10-4-3-7-27-15(10)19(24,25)26)16(28-17(13)30)11-5-2-6-12(14(11)20)18(21,22)23/h2-7,9H,8H2,1H3. The van der Waals surface area contributed by atoms with Gasteiger partial charge in [-0.3, -0.25) is 9.78 Å². The molecule has 164 valence electrons. The molecule has 3 aromatic rings. The highest BCUT2D eigenvalue weighted by atomic mass is 35.5. The lowest BCUT2D eigenvalue weighted by atomic mass is 10.1. The highest BCUT2D eigenvalue weighted by molar-refractivity contribution is 6.34. The number of nitrogens with zero attached hydrogens (tertiary/aromatic N) is 3. The molecule has 1 aromatic carbocycles. The van der Waals surface area contributed by atoms with Gasteiger partial charge in [-0.15, -0.1) is 0 Å². The van der Waals surface area contributed by atoms with Crippen molar-refractivity contribution in [2.24, 2.45) is 0 Å². The van der Waals surface area contributed by atoms with Crippen LogP contribution in [0, 0.1) is 0 Å². The average molecular weight is 464 g/mol. The van der Waals surface area contributed by atoms with E-state index in [-0.39, 0.29) is 22.7 Å². The van der Waals surface area contributed by atoms with E-state index in [4.69, 9.17) is 16.3 Å². The molecule has 0 fully saturated rings. The summed E-state index contributed by atoms with van der Waals surface area (Å²) in [6.45, 7) is -0.520. The van der Waals surface area contributed by atoms with Crippen LogP contribution in [0.3, 0.4) is 0 Å². The van der Waals surface area contributed by atoms with Crippen molar-refractivity contribution >= 4 is 11.6 Å². The lowest BCUT2D eigenvalue weighted by molar-refractivity contribution is -0.142. The number of ether oxygens (including phenoxy) is 1. The molecule has 5 nitrogen and oxygen atoms in total. The number of hydrogen-bond acceptors (Lipinski definition) is 4. The van der Waals surface area contributed by atoms with Gasteiger partial charge in [0.25, 0.3) is 0 Å². The Morgan fingerprint density at radius 3 is 2.39 bits per heavy atom. The van der Waals surface area contributed by atoms with Crippen LogP contribution in [0.25, 0.3) is 11.4 Å². The Hall–Kier alpha value is -3.08. The molecule has 2 aromatic heterocycles. The summed E-state index contributed by atoms with van der Waals surface area (Å²) in [6.07, 6.45) is -7.56. The molecule has 0 bridgehead atoms. The lowest BCUT2D eigenvalue weighted by Crippen LogP contribution is -2.20. The molecule has 31 heavy (non-hydrogen) atoms. The zero-order valence-corrected chi connectivity index (χ0v) is 16.3. The topological polar surface area (TPSA) is 57.0 Å². The molecule has 0 radical (unpaired) electrons. The third kappa shape index (κ3) is 4.66. The minimum absolute atomic E-state index is 0.284. The number of aromatic nitrogens is 3. The molecular formula is C19H12ClF6N3O2. The smallest absolute Gasteiger partial charge is 0.433 e. The number of hydrogen-bond donors (Lipinski definition) is 0. The van der Waals surface area contributed by atoms with Crippen LogP contribution in [0.5, 0.6) is 5.75 Å². The van der Waals surface area contributed by atoms with Gasteiger partial charge >= 0.3 is 17.9 Å². The van der Waals surface area contributed by atoms with E-state index >= 15 is 0 Å². The molecule has 0 aliphatic carbocycles. The van der Waals surface area contributed by atoms with Gasteiger partial charge in [-0.1, -0.05) is 23.7 Å². The minimum atomic E-state index is -4.79. The van der Waals surface area contributed by atoms with Crippen LogP contribution >= 0.6 is 11.6 Å². The Balaban J connectivity index is 2.24. The number of rotatable bonds is 4.